The molecule has 5 heteroatoms. The molecule has 0 bridgehead atoms. The maximum atomic E-state index is 6.15. The number of hydrogen-bond acceptors (Lipinski definition) is 4. The number of likely N-dealkylation sites (N-methyl/N-ethyl adjacent to an activating group) is 1. The van der Waals surface area contributed by atoms with Crippen LogP contribution in [0.25, 0.3) is 34.2 Å². The van der Waals surface area contributed by atoms with Gasteiger partial charge < -0.3 is 19.2 Å². The first-order chi connectivity index (χ1) is 14.7. The van der Waals surface area contributed by atoms with Crippen LogP contribution in [0.2, 0.25) is 0 Å². The molecule has 5 rings (SSSR count). The lowest BCUT2D eigenvalue weighted by Crippen LogP contribution is -2.44. The SMILES string of the molecule is Cc1nc(-c2ccc(-c3ccc(N4CCN(C)CC4)cc3)o2)[nH]c1-c1ccccc1. The molecule has 1 aliphatic heterocycles. The van der Waals surface area contributed by atoms with Gasteiger partial charge in [-0.25, -0.2) is 4.98 Å². The highest BCUT2D eigenvalue weighted by atomic mass is 16.3. The number of aryl methyl sites for hydroxylation is 1. The van der Waals surface area contributed by atoms with Gasteiger partial charge in [-0.05, 0) is 55.9 Å². The van der Waals surface area contributed by atoms with Gasteiger partial charge in [-0.1, -0.05) is 30.3 Å². The van der Waals surface area contributed by atoms with E-state index in [1.54, 1.807) is 0 Å². The number of H-pyrrole nitrogens is 1. The van der Waals surface area contributed by atoms with Gasteiger partial charge in [0.2, 0.25) is 0 Å². The molecule has 0 amide bonds. The molecule has 1 fully saturated rings. The Bertz CT molecular complexity index is 1120. The second-order valence-corrected chi connectivity index (χ2v) is 7.91. The van der Waals surface area contributed by atoms with Crippen molar-refractivity contribution in [3.8, 4) is 34.2 Å². The van der Waals surface area contributed by atoms with E-state index in [4.69, 9.17) is 4.42 Å². The Balaban J connectivity index is 1.36. The summed E-state index contributed by atoms with van der Waals surface area (Å²) in [6.07, 6.45) is 0. The first-order valence-corrected chi connectivity index (χ1v) is 10.4. The third-order valence-corrected chi connectivity index (χ3v) is 5.81. The number of piperazine rings is 1. The van der Waals surface area contributed by atoms with Crippen molar-refractivity contribution in [1.82, 2.24) is 14.9 Å². The van der Waals surface area contributed by atoms with Crippen LogP contribution >= 0.6 is 0 Å². The summed E-state index contributed by atoms with van der Waals surface area (Å²) in [5.41, 5.74) is 5.46. The average Bonchev–Trinajstić information content (AvgIpc) is 3.42. The topological polar surface area (TPSA) is 48.3 Å². The monoisotopic (exact) mass is 398 g/mol. The molecule has 0 aliphatic carbocycles. The van der Waals surface area contributed by atoms with Crippen molar-refractivity contribution < 1.29 is 4.42 Å². The second kappa shape index (κ2) is 7.84. The number of furan rings is 1. The second-order valence-electron chi connectivity index (χ2n) is 7.91. The van der Waals surface area contributed by atoms with Gasteiger partial charge in [-0.15, -0.1) is 0 Å². The van der Waals surface area contributed by atoms with Crippen molar-refractivity contribution in [2.75, 3.05) is 38.1 Å². The summed E-state index contributed by atoms with van der Waals surface area (Å²) in [5.74, 6) is 2.36. The van der Waals surface area contributed by atoms with Crippen LogP contribution in [0.3, 0.4) is 0 Å². The average molecular weight is 399 g/mol. The number of rotatable bonds is 4. The highest BCUT2D eigenvalue weighted by molar-refractivity contribution is 5.68. The fourth-order valence-electron chi connectivity index (χ4n) is 3.98. The smallest absolute Gasteiger partial charge is 0.174 e. The Morgan fingerprint density at radius 3 is 2.23 bits per heavy atom. The van der Waals surface area contributed by atoms with E-state index in [1.807, 2.05) is 37.3 Å². The quantitative estimate of drug-likeness (QED) is 0.522. The van der Waals surface area contributed by atoms with Crippen LogP contribution in [-0.2, 0) is 0 Å². The first-order valence-electron chi connectivity index (χ1n) is 10.4. The Hall–Kier alpha value is -3.31. The van der Waals surface area contributed by atoms with E-state index in [-0.39, 0.29) is 0 Å². The largest absolute Gasteiger partial charge is 0.453 e. The van der Waals surface area contributed by atoms with Gasteiger partial charge in [0.25, 0.3) is 0 Å². The molecule has 0 unspecified atom stereocenters. The summed E-state index contributed by atoms with van der Waals surface area (Å²) in [7, 11) is 2.18. The van der Waals surface area contributed by atoms with Crippen molar-refractivity contribution in [2.45, 2.75) is 6.92 Å². The van der Waals surface area contributed by atoms with Crippen LogP contribution in [0.4, 0.5) is 5.69 Å². The van der Waals surface area contributed by atoms with Gasteiger partial charge in [0.15, 0.2) is 11.6 Å². The number of imidazole rings is 1. The lowest BCUT2D eigenvalue weighted by atomic mass is 10.1. The summed E-state index contributed by atoms with van der Waals surface area (Å²) in [4.78, 5) is 12.9. The van der Waals surface area contributed by atoms with Gasteiger partial charge in [0.1, 0.15) is 5.76 Å². The molecule has 1 N–H and O–H groups in total. The molecule has 4 aromatic rings. The Morgan fingerprint density at radius 2 is 1.50 bits per heavy atom. The molecule has 2 aromatic heterocycles. The highest BCUT2D eigenvalue weighted by Crippen LogP contribution is 2.31. The molecule has 0 spiro atoms. The number of nitrogens with zero attached hydrogens (tertiary/aromatic N) is 3. The first kappa shape index (κ1) is 18.7. The van der Waals surface area contributed by atoms with Crippen molar-refractivity contribution in [3.05, 3.63) is 72.4 Å². The molecule has 2 aromatic carbocycles. The van der Waals surface area contributed by atoms with E-state index in [2.05, 4.69) is 63.2 Å². The third kappa shape index (κ3) is 3.64. The van der Waals surface area contributed by atoms with Crippen molar-refractivity contribution in [1.29, 1.82) is 0 Å². The molecule has 0 atom stereocenters. The number of aromatic nitrogens is 2. The van der Waals surface area contributed by atoms with Crippen LogP contribution in [0.5, 0.6) is 0 Å². The highest BCUT2D eigenvalue weighted by Gasteiger charge is 2.16. The molecule has 3 heterocycles. The van der Waals surface area contributed by atoms with E-state index in [0.29, 0.717) is 0 Å². The van der Waals surface area contributed by atoms with Crippen LogP contribution in [0, 0.1) is 6.92 Å². The van der Waals surface area contributed by atoms with Crippen LogP contribution in [0.1, 0.15) is 5.69 Å². The Morgan fingerprint density at radius 1 is 0.800 bits per heavy atom. The molecule has 1 saturated heterocycles. The predicted molar refractivity (Wildman–Crippen MR) is 122 cm³/mol. The lowest BCUT2D eigenvalue weighted by molar-refractivity contribution is 0.313. The van der Waals surface area contributed by atoms with E-state index in [0.717, 1.165) is 66.0 Å². The van der Waals surface area contributed by atoms with E-state index < -0.39 is 0 Å². The number of nitrogens with one attached hydrogen (secondary N) is 1. The van der Waals surface area contributed by atoms with E-state index in [9.17, 15) is 0 Å². The molecule has 30 heavy (non-hydrogen) atoms. The summed E-state index contributed by atoms with van der Waals surface area (Å²) in [6, 6.07) is 22.9. The van der Waals surface area contributed by atoms with E-state index in [1.165, 1.54) is 5.69 Å². The van der Waals surface area contributed by atoms with Gasteiger partial charge in [-0.2, -0.15) is 0 Å². The fraction of sp³-hybridized carbons (Fsp3) is 0.240. The van der Waals surface area contributed by atoms with Crippen LogP contribution in [-0.4, -0.2) is 48.1 Å². The zero-order chi connectivity index (χ0) is 20.5. The summed E-state index contributed by atoms with van der Waals surface area (Å²) >= 11 is 0. The maximum absolute atomic E-state index is 6.15. The minimum absolute atomic E-state index is 0.749. The van der Waals surface area contributed by atoms with E-state index >= 15 is 0 Å². The molecule has 152 valence electrons. The number of anilines is 1. The van der Waals surface area contributed by atoms with Gasteiger partial charge in [0.05, 0.1) is 11.4 Å². The van der Waals surface area contributed by atoms with Gasteiger partial charge in [-0.3, -0.25) is 0 Å². The van der Waals surface area contributed by atoms with Gasteiger partial charge >= 0.3 is 0 Å². The van der Waals surface area contributed by atoms with Crippen LogP contribution < -0.4 is 4.90 Å². The minimum Gasteiger partial charge on any atom is -0.453 e. The molecule has 1 aliphatic rings. The third-order valence-electron chi connectivity index (χ3n) is 5.81. The summed E-state index contributed by atoms with van der Waals surface area (Å²) in [5, 5.41) is 0. The molecule has 0 saturated carbocycles. The van der Waals surface area contributed by atoms with Crippen LogP contribution in [0.15, 0.2) is 71.1 Å². The lowest BCUT2D eigenvalue weighted by Gasteiger charge is -2.34. The molecular weight excluding hydrogens is 372 g/mol. The molecule has 0 radical (unpaired) electrons. The standard InChI is InChI=1S/C25H26N4O/c1-18-24(20-6-4-3-5-7-20)27-25(26-18)23-13-12-22(30-23)19-8-10-21(11-9-19)29-16-14-28(2)15-17-29/h3-13H,14-17H2,1-2H3,(H,26,27). The molecule has 5 nitrogen and oxygen atoms in total. The Labute approximate surface area is 177 Å². The van der Waals surface area contributed by atoms with Crippen molar-refractivity contribution in [2.24, 2.45) is 0 Å². The number of aromatic amines is 1. The maximum Gasteiger partial charge on any atom is 0.174 e. The van der Waals surface area contributed by atoms with Crippen molar-refractivity contribution >= 4 is 5.69 Å². The number of benzene rings is 2. The Kier molecular flexibility index (Phi) is 4.89. The summed E-state index contributed by atoms with van der Waals surface area (Å²) < 4.78 is 6.15. The predicted octanol–water partition coefficient (Wildman–Crippen LogP) is 5.06. The normalized spacial score (nSPS) is 14.9. The summed E-state index contributed by atoms with van der Waals surface area (Å²) in [6.45, 7) is 6.38. The van der Waals surface area contributed by atoms with Gasteiger partial charge in [0, 0.05) is 37.4 Å². The minimum atomic E-state index is 0.749. The number of hydrogen-bond donors (Lipinski definition) is 1. The van der Waals surface area contributed by atoms with Crippen molar-refractivity contribution in [3.63, 3.8) is 0 Å². The zero-order valence-corrected chi connectivity index (χ0v) is 17.4. The fourth-order valence-corrected chi connectivity index (χ4v) is 3.98. The zero-order valence-electron chi connectivity index (χ0n) is 17.4. The molecular formula is C25H26N4O.